The van der Waals surface area contributed by atoms with Crippen molar-refractivity contribution < 1.29 is 14.3 Å². The molecular formula is C18H24N4O3. The Bertz CT molecular complexity index is 674. The number of carbonyl (C=O) groups excluding carboxylic acids is 1. The molecule has 0 saturated carbocycles. The van der Waals surface area contributed by atoms with E-state index in [2.05, 4.69) is 14.5 Å². The van der Waals surface area contributed by atoms with Gasteiger partial charge in [-0.2, -0.15) is 0 Å². The standard InChI is InChI=1S/C18H24N4O3/c1-24-8-4-18(23)22-11-16(10-21-7-6-20-17(21)12-22)14-25-13-15-3-2-5-19-9-15/h2-3,5-7,9,16H,4,8,10-14H2,1H3/t16-/m1/s1. The zero-order valence-corrected chi connectivity index (χ0v) is 14.5. The Labute approximate surface area is 147 Å². The first-order valence-electron chi connectivity index (χ1n) is 8.49. The molecule has 3 rings (SSSR count). The number of aromatic nitrogens is 3. The van der Waals surface area contributed by atoms with E-state index in [4.69, 9.17) is 9.47 Å². The van der Waals surface area contributed by atoms with Crippen molar-refractivity contribution in [2.45, 2.75) is 26.1 Å². The number of imidazole rings is 1. The second kappa shape index (κ2) is 8.73. The third kappa shape index (κ3) is 4.87. The highest BCUT2D eigenvalue weighted by Crippen LogP contribution is 2.17. The van der Waals surface area contributed by atoms with Gasteiger partial charge in [0.05, 0.1) is 32.8 Å². The molecule has 0 unspecified atom stereocenters. The minimum Gasteiger partial charge on any atom is -0.384 e. The molecule has 2 aromatic rings. The summed E-state index contributed by atoms with van der Waals surface area (Å²) in [5.74, 6) is 1.23. The molecule has 0 bridgehead atoms. The summed E-state index contributed by atoms with van der Waals surface area (Å²) in [5.41, 5.74) is 1.05. The molecule has 0 saturated heterocycles. The van der Waals surface area contributed by atoms with Gasteiger partial charge in [-0.05, 0) is 11.6 Å². The van der Waals surface area contributed by atoms with Crippen LogP contribution in [0.1, 0.15) is 17.8 Å². The van der Waals surface area contributed by atoms with Gasteiger partial charge in [0.15, 0.2) is 0 Å². The van der Waals surface area contributed by atoms with Crippen molar-refractivity contribution in [2.24, 2.45) is 5.92 Å². The smallest absolute Gasteiger partial charge is 0.225 e. The highest BCUT2D eigenvalue weighted by atomic mass is 16.5. The summed E-state index contributed by atoms with van der Waals surface area (Å²) in [5, 5.41) is 0. The molecule has 0 aliphatic carbocycles. The van der Waals surface area contributed by atoms with E-state index in [1.54, 1.807) is 19.5 Å². The third-order valence-corrected chi connectivity index (χ3v) is 4.29. The Hall–Kier alpha value is -2.25. The van der Waals surface area contributed by atoms with Crippen molar-refractivity contribution in [2.75, 3.05) is 26.9 Å². The predicted octanol–water partition coefficient (Wildman–Crippen LogP) is 1.49. The predicted molar refractivity (Wildman–Crippen MR) is 91.5 cm³/mol. The second-order valence-electron chi connectivity index (χ2n) is 6.26. The molecule has 0 aromatic carbocycles. The summed E-state index contributed by atoms with van der Waals surface area (Å²) < 4.78 is 13.0. The van der Waals surface area contributed by atoms with Crippen LogP contribution < -0.4 is 0 Å². The Balaban J connectivity index is 1.61. The first-order valence-corrected chi connectivity index (χ1v) is 8.49. The van der Waals surface area contributed by atoms with Crippen molar-refractivity contribution in [1.82, 2.24) is 19.4 Å². The van der Waals surface area contributed by atoms with Crippen LogP contribution in [0.3, 0.4) is 0 Å². The van der Waals surface area contributed by atoms with Gasteiger partial charge < -0.3 is 18.9 Å². The van der Waals surface area contributed by atoms with Gasteiger partial charge in [-0.15, -0.1) is 0 Å². The van der Waals surface area contributed by atoms with Gasteiger partial charge in [-0.25, -0.2) is 4.98 Å². The average molecular weight is 344 g/mol. The largest absolute Gasteiger partial charge is 0.384 e. The molecule has 1 aliphatic rings. The summed E-state index contributed by atoms with van der Waals surface area (Å²) in [7, 11) is 1.61. The van der Waals surface area contributed by atoms with E-state index in [9.17, 15) is 4.79 Å². The van der Waals surface area contributed by atoms with E-state index in [1.807, 2.05) is 29.4 Å². The molecule has 7 heteroatoms. The molecule has 3 heterocycles. The van der Waals surface area contributed by atoms with Crippen molar-refractivity contribution in [3.63, 3.8) is 0 Å². The first-order chi connectivity index (χ1) is 12.3. The van der Waals surface area contributed by atoms with Gasteiger partial charge in [0.2, 0.25) is 5.91 Å². The second-order valence-corrected chi connectivity index (χ2v) is 6.26. The Morgan fingerprint density at radius 2 is 2.28 bits per heavy atom. The molecule has 0 radical (unpaired) electrons. The van der Waals surface area contributed by atoms with Crippen molar-refractivity contribution in [1.29, 1.82) is 0 Å². The molecule has 134 valence electrons. The molecule has 1 atom stereocenters. The summed E-state index contributed by atoms with van der Waals surface area (Å²) in [6.45, 7) is 3.55. The quantitative estimate of drug-likeness (QED) is 0.761. The molecule has 1 aliphatic heterocycles. The Kier molecular flexibility index (Phi) is 6.14. The lowest BCUT2D eigenvalue weighted by molar-refractivity contribution is -0.133. The van der Waals surface area contributed by atoms with Gasteiger partial charge in [-0.1, -0.05) is 6.07 Å². The highest BCUT2D eigenvalue weighted by Gasteiger charge is 2.25. The monoisotopic (exact) mass is 344 g/mol. The fourth-order valence-electron chi connectivity index (χ4n) is 3.01. The van der Waals surface area contributed by atoms with Crippen LogP contribution in [0.4, 0.5) is 0 Å². The first kappa shape index (κ1) is 17.6. The molecule has 1 amide bonds. The number of hydrogen-bond acceptors (Lipinski definition) is 5. The van der Waals surface area contributed by atoms with Crippen molar-refractivity contribution in [3.05, 3.63) is 48.3 Å². The van der Waals surface area contributed by atoms with Crippen LogP contribution in [-0.2, 0) is 34.0 Å². The number of rotatable bonds is 7. The number of nitrogens with zero attached hydrogens (tertiary/aromatic N) is 4. The summed E-state index contributed by atoms with van der Waals surface area (Å²) >= 11 is 0. The molecule has 0 fully saturated rings. The maximum Gasteiger partial charge on any atom is 0.225 e. The van der Waals surface area contributed by atoms with Crippen LogP contribution in [-0.4, -0.2) is 52.2 Å². The molecule has 2 aromatic heterocycles. The summed E-state index contributed by atoms with van der Waals surface area (Å²) in [6.07, 6.45) is 7.69. The van der Waals surface area contributed by atoms with Gasteiger partial charge >= 0.3 is 0 Å². The van der Waals surface area contributed by atoms with E-state index in [1.165, 1.54) is 0 Å². The number of fused-ring (bicyclic) bond motifs is 1. The zero-order valence-electron chi connectivity index (χ0n) is 14.5. The van der Waals surface area contributed by atoms with Crippen LogP contribution >= 0.6 is 0 Å². The average Bonchev–Trinajstić information content (AvgIpc) is 2.99. The Morgan fingerprint density at radius 1 is 1.36 bits per heavy atom. The normalized spacial score (nSPS) is 17.2. The van der Waals surface area contributed by atoms with Gasteiger partial charge in [-0.3, -0.25) is 9.78 Å². The summed E-state index contributed by atoms with van der Waals surface area (Å²) in [4.78, 5) is 22.8. The number of pyridine rings is 1. The Morgan fingerprint density at radius 3 is 3.08 bits per heavy atom. The fraction of sp³-hybridized carbons (Fsp3) is 0.500. The highest BCUT2D eigenvalue weighted by molar-refractivity contribution is 5.76. The molecule has 0 N–H and O–H groups in total. The molecule has 0 spiro atoms. The molecule has 25 heavy (non-hydrogen) atoms. The molecular weight excluding hydrogens is 320 g/mol. The lowest BCUT2D eigenvalue weighted by atomic mass is 10.1. The van der Waals surface area contributed by atoms with E-state index in [0.717, 1.165) is 17.9 Å². The van der Waals surface area contributed by atoms with Crippen molar-refractivity contribution in [3.8, 4) is 0 Å². The van der Waals surface area contributed by atoms with Crippen LogP contribution in [0, 0.1) is 5.92 Å². The van der Waals surface area contributed by atoms with Crippen LogP contribution in [0.2, 0.25) is 0 Å². The topological polar surface area (TPSA) is 69.5 Å². The lowest BCUT2D eigenvalue weighted by Gasteiger charge is -2.24. The van der Waals surface area contributed by atoms with E-state index >= 15 is 0 Å². The molecule has 7 nitrogen and oxygen atoms in total. The van der Waals surface area contributed by atoms with Gasteiger partial charge in [0.1, 0.15) is 5.82 Å². The third-order valence-electron chi connectivity index (χ3n) is 4.29. The summed E-state index contributed by atoms with van der Waals surface area (Å²) in [6, 6.07) is 3.90. The van der Waals surface area contributed by atoms with Gasteiger partial charge in [0, 0.05) is 50.9 Å². The van der Waals surface area contributed by atoms with Gasteiger partial charge in [0.25, 0.3) is 0 Å². The maximum atomic E-state index is 12.4. The number of methoxy groups -OCH3 is 1. The van der Waals surface area contributed by atoms with E-state index < -0.39 is 0 Å². The van der Waals surface area contributed by atoms with E-state index in [-0.39, 0.29) is 11.8 Å². The van der Waals surface area contributed by atoms with Crippen LogP contribution in [0.5, 0.6) is 0 Å². The maximum absolute atomic E-state index is 12.4. The number of hydrogen-bond donors (Lipinski definition) is 0. The minimum absolute atomic E-state index is 0.0931. The van der Waals surface area contributed by atoms with Crippen LogP contribution in [0.15, 0.2) is 36.9 Å². The number of carbonyl (C=O) groups is 1. The fourth-order valence-corrected chi connectivity index (χ4v) is 3.01. The number of ether oxygens (including phenoxy) is 2. The van der Waals surface area contributed by atoms with Crippen LogP contribution in [0.25, 0.3) is 0 Å². The van der Waals surface area contributed by atoms with Crippen molar-refractivity contribution >= 4 is 5.91 Å². The SMILES string of the molecule is COCCC(=O)N1Cc2nccn2C[C@@H](COCc2cccnc2)C1. The lowest BCUT2D eigenvalue weighted by Crippen LogP contribution is -2.35. The zero-order chi connectivity index (χ0) is 17.5. The number of amides is 1. The van der Waals surface area contributed by atoms with E-state index in [0.29, 0.717) is 39.3 Å². The minimum atomic E-state index is 0.0931.